The average molecular weight is 308 g/mol. The predicted molar refractivity (Wildman–Crippen MR) is 87.7 cm³/mol. The Kier molecular flexibility index (Phi) is 5.09. The SMILES string of the molecule is CCc1ccc(C(N)c2ccc(Cl)cc2Cl)cc1CC. The lowest BCUT2D eigenvalue weighted by molar-refractivity contribution is 0.863. The third kappa shape index (κ3) is 3.17. The van der Waals surface area contributed by atoms with Crippen LogP contribution >= 0.6 is 23.2 Å². The second-order valence-electron chi connectivity index (χ2n) is 4.88. The number of benzene rings is 2. The van der Waals surface area contributed by atoms with Crippen molar-refractivity contribution >= 4 is 23.2 Å². The van der Waals surface area contributed by atoms with Gasteiger partial charge in [-0.2, -0.15) is 0 Å². The molecule has 106 valence electrons. The van der Waals surface area contributed by atoms with Crippen LogP contribution < -0.4 is 5.73 Å². The first kappa shape index (κ1) is 15.4. The average Bonchev–Trinajstić information content (AvgIpc) is 2.45. The molecule has 2 rings (SSSR count). The van der Waals surface area contributed by atoms with E-state index >= 15 is 0 Å². The Balaban J connectivity index is 2.40. The highest BCUT2D eigenvalue weighted by Crippen LogP contribution is 2.30. The minimum atomic E-state index is -0.226. The molecule has 2 aromatic carbocycles. The Bertz CT molecular complexity index is 608. The van der Waals surface area contributed by atoms with Crippen molar-refractivity contribution in [2.24, 2.45) is 5.73 Å². The zero-order valence-electron chi connectivity index (χ0n) is 11.8. The molecule has 1 atom stereocenters. The summed E-state index contributed by atoms with van der Waals surface area (Å²) in [5.41, 5.74) is 11.1. The highest BCUT2D eigenvalue weighted by atomic mass is 35.5. The van der Waals surface area contributed by atoms with Gasteiger partial charge in [-0.15, -0.1) is 0 Å². The van der Waals surface area contributed by atoms with E-state index in [1.807, 2.05) is 12.1 Å². The minimum absolute atomic E-state index is 0.226. The van der Waals surface area contributed by atoms with Crippen molar-refractivity contribution in [2.45, 2.75) is 32.7 Å². The van der Waals surface area contributed by atoms with E-state index in [1.165, 1.54) is 11.1 Å². The highest BCUT2D eigenvalue weighted by Gasteiger charge is 2.14. The number of nitrogens with two attached hydrogens (primary N) is 1. The lowest BCUT2D eigenvalue weighted by Gasteiger charge is -2.17. The summed E-state index contributed by atoms with van der Waals surface area (Å²) >= 11 is 12.2. The van der Waals surface area contributed by atoms with Gasteiger partial charge in [-0.25, -0.2) is 0 Å². The van der Waals surface area contributed by atoms with E-state index in [0.717, 1.165) is 24.0 Å². The molecule has 1 unspecified atom stereocenters. The van der Waals surface area contributed by atoms with Crippen LogP contribution in [0.25, 0.3) is 0 Å². The Hall–Kier alpha value is -1.02. The largest absolute Gasteiger partial charge is 0.320 e. The fraction of sp³-hybridized carbons (Fsp3) is 0.294. The van der Waals surface area contributed by atoms with Gasteiger partial charge < -0.3 is 5.73 Å². The molecule has 0 bridgehead atoms. The molecule has 0 spiro atoms. The van der Waals surface area contributed by atoms with E-state index in [0.29, 0.717) is 10.0 Å². The third-order valence-electron chi connectivity index (χ3n) is 3.65. The predicted octanol–water partition coefficient (Wildman–Crippen LogP) is 5.17. The van der Waals surface area contributed by atoms with E-state index < -0.39 is 0 Å². The lowest BCUT2D eigenvalue weighted by atomic mass is 9.94. The van der Waals surface area contributed by atoms with Crippen molar-refractivity contribution in [2.75, 3.05) is 0 Å². The fourth-order valence-electron chi connectivity index (χ4n) is 2.45. The smallest absolute Gasteiger partial charge is 0.0566 e. The summed E-state index contributed by atoms with van der Waals surface area (Å²) in [5, 5.41) is 1.24. The van der Waals surface area contributed by atoms with Crippen molar-refractivity contribution < 1.29 is 0 Å². The van der Waals surface area contributed by atoms with Gasteiger partial charge in [0, 0.05) is 10.0 Å². The van der Waals surface area contributed by atoms with Crippen LogP contribution in [0, 0.1) is 0 Å². The summed E-state index contributed by atoms with van der Waals surface area (Å²) in [6.45, 7) is 4.34. The van der Waals surface area contributed by atoms with Crippen LogP contribution in [0.2, 0.25) is 10.0 Å². The summed E-state index contributed by atoms with van der Waals surface area (Å²) in [5.74, 6) is 0. The molecule has 3 heteroatoms. The molecular weight excluding hydrogens is 289 g/mol. The van der Waals surface area contributed by atoms with Crippen molar-refractivity contribution in [3.63, 3.8) is 0 Å². The van der Waals surface area contributed by atoms with Crippen molar-refractivity contribution in [1.82, 2.24) is 0 Å². The maximum absolute atomic E-state index is 6.35. The van der Waals surface area contributed by atoms with Gasteiger partial charge in [0.25, 0.3) is 0 Å². The van der Waals surface area contributed by atoms with Crippen molar-refractivity contribution in [1.29, 1.82) is 0 Å². The molecule has 0 amide bonds. The minimum Gasteiger partial charge on any atom is -0.320 e. The van der Waals surface area contributed by atoms with Crippen molar-refractivity contribution in [3.05, 3.63) is 68.7 Å². The topological polar surface area (TPSA) is 26.0 Å². The first-order valence-corrected chi connectivity index (χ1v) is 7.64. The molecule has 2 N–H and O–H groups in total. The molecule has 0 aromatic heterocycles. The third-order valence-corrected chi connectivity index (χ3v) is 4.21. The van der Waals surface area contributed by atoms with Gasteiger partial charge in [-0.1, -0.05) is 61.3 Å². The Morgan fingerprint density at radius 1 is 0.950 bits per heavy atom. The lowest BCUT2D eigenvalue weighted by Crippen LogP contribution is -2.13. The molecule has 0 heterocycles. The maximum Gasteiger partial charge on any atom is 0.0566 e. The highest BCUT2D eigenvalue weighted by molar-refractivity contribution is 6.35. The van der Waals surface area contributed by atoms with Crippen molar-refractivity contribution in [3.8, 4) is 0 Å². The number of hydrogen-bond donors (Lipinski definition) is 1. The number of halogens is 2. The normalized spacial score (nSPS) is 12.4. The number of aryl methyl sites for hydroxylation is 2. The molecule has 20 heavy (non-hydrogen) atoms. The summed E-state index contributed by atoms with van der Waals surface area (Å²) < 4.78 is 0. The fourth-order valence-corrected chi connectivity index (χ4v) is 2.97. The van der Waals surface area contributed by atoms with Crippen LogP contribution in [0.15, 0.2) is 36.4 Å². The zero-order valence-corrected chi connectivity index (χ0v) is 13.3. The van der Waals surface area contributed by atoms with Crippen LogP contribution in [0.3, 0.4) is 0 Å². The van der Waals surface area contributed by atoms with E-state index in [2.05, 4.69) is 32.0 Å². The van der Waals surface area contributed by atoms with E-state index in [4.69, 9.17) is 28.9 Å². The molecule has 0 fully saturated rings. The van der Waals surface area contributed by atoms with Gasteiger partial charge in [-0.05, 0) is 47.2 Å². The molecule has 2 aromatic rings. The summed E-state index contributed by atoms with van der Waals surface area (Å²) in [7, 11) is 0. The van der Waals surface area contributed by atoms with Crippen LogP contribution in [0.4, 0.5) is 0 Å². The molecule has 0 radical (unpaired) electrons. The first-order valence-electron chi connectivity index (χ1n) is 6.89. The van der Waals surface area contributed by atoms with Crippen LogP contribution in [0.5, 0.6) is 0 Å². The molecular formula is C17H19Cl2N. The van der Waals surface area contributed by atoms with Gasteiger partial charge in [-0.3, -0.25) is 0 Å². The van der Waals surface area contributed by atoms with Crippen LogP contribution in [0.1, 0.15) is 42.1 Å². The molecule has 0 saturated carbocycles. The maximum atomic E-state index is 6.35. The molecule has 0 saturated heterocycles. The van der Waals surface area contributed by atoms with Gasteiger partial charge in [0.2, 0.25) is 0 Å². The zero-order chi connectivity index (χ0) is 14.7. The molecule has 1 nitrogen and oxygen atoms in total. The van der Waals surface area contributed by atoms with Gasteiger partial charge in [0.05, 0.1) is 6.04 Å². The van der Waals surface area contributed by atoms with Crippen LogP contribution in [-0.4, -0.2) is 0 Å². The Labute approximate surface area is 130 Å². The van der Waals surface area contributed by atoms with Gasteiger partial charge in [0.15, 0.2) is 0 Å². The quantitative estimate of drug-likeness (QED) is 0.829. The second-order valence-corrected chi connectivity index (χ2v) is 5.72. The number of hydrogen-bond acceptors (Lipinski definition) is 1. The Morgan fingerprint density at radius 3 is 2.25 bits per heavy atom. The van der Waals surface area contributed by atoms with E-state index in [9.17, 15) is 0 Å². The standard InChI is InChI=1S/C17H19Cl2N/c1-3-11-5-6-13(9-12(11)4-2)17(20)15-8-7-14(18)10-16(15)19/h5-10,17H,3-4,20H2,1-2H3. The van der Waals surface area contributed by atoms with Crippen LogP contribution in [-0.2, 0) is 12.8 Å². The van der Waals surface area contributed by atoms with Gasteiger partial charge >= 0.3 is 0 Å². The first-order chi connectivity index (χ1) is 9.56. The molecule has 0 aliphatic carbocycles. The van der Waals surface area contributed by atoms with E-state index in [-0.39, 0.29) is 6.04 Å². The molecule has 0 aliphatic heterocycles. The summed E-state index contributed by atoms with van der Waals surface area (Å²) in [6, 6.07) is 11.7. The summed E-state index contributed by atoms with van der Waals surface area (Å²) in [6.07, 6.45) is 2.05. The van der Waals surface area contributed by atoms with Gasteiger partial charge in [0.1, 0.15) is 0 Å². The van der Waals surface area contributed by atoms with E-state index in [1.54, 1.807) is 6.07 Å². The monoisotopic (exact) mass is 307 g/mol. The number of rotatable bonds is 4. The Morgan fingerprint density at radius 2 is 1.65 bits per heavy atom. The second kappa shape index (κ2) is 6.62. The molecule has 0 aliphatic rings. The summed E-state index contributed by atoms with van der Waals surface area (Å²) in [4.78, 5) is 0.